The molecule has 140 valence electrons. The van der Waals surface area contributed by atoms with E-state index in [0.29, 0.717) is 32.3 Å². The highest BCUT2D eigenvalue weighted by atomic mass is 19.1. The summed E-state index contributed by atoms with van der Waals surface area (Å²) in [5.41, 5.74) is 2.43. The summed E-state index contributed by atoms with van der Waals surface area (Å²) in [7, 11) is 0. The predicted octanol–water partition coefficient (Wildman–Crippen LogP) is 3.76. The van der Waals surface area contributed by atoms with Crippen LogP contribution in [0, 0.1) is 11.6 Å². The summed E-state index contributed by atoms with van der Waals surface area (Å²) < 4.78 is 32.5. The Morgan fingerprint density at radius 2 is 1.77 bits per heavy atom. The van der Waals surface area contributed by atoms with Gasteiger partial charge in [0, 0.05) is 25.3 Å². The lowest BCUT2D eigenvalue weighted by Gasteiger charge is -2.14. The standard InChI is InChI=1S/C20H25F2N3O/c1-3-23-20(25-13-17-11-18(21)9-10-19(17)22)24-12-15-7-5-6-8-16(15)14-26-4-2/h5-11H,3-4,12-14H2,1-2H3,(H2,23,24,25). The van der Waals surface area contributed by atoms with Crippen LogP contribution in [0.25, 0.3) is 0 Å². The van der Waals surface area contributed by atoms with Crippen molar-refractivity contribution in [3.05, 3.63) is 70.8 Å². The van der Waals surface area contributed by atoms with Crippen LogP contribution in [-0.2, 0) is 24.4 Å². The van der Waals surface area contributed by atoms with E-state index >= 15 is 0 Å². The number of ether oxygens (including phenoxy) is 1. The van der Waals surface area contributed by atoms with Crippen LogP contribution >= 0.6 is 0 Å². The normalized spacial score (nSPS) is 11.5. The van der Waals surface area contributed by atoms with E-state index < -0.39 is 11.6 Å². The first-order valence-electron chi connectivity index (χ1n) is 8.74. The fourth-order valence-corrected chi connectivity index (χ4v) is 2.43. The summed E-state index contributed by atoms with van der Waals surface area (Å²) in [4.78, 5) is 4.35. The fraction of sp³-hybridized carbons (Fsp3) is 0.350. The van der Waals surface area contributed by atoms with Crippen molar-refractivity contribution < 1.29 is 13.5 Å². The topological polar surface area (TPSA) is 45.7 Å². The second-order valence-electron chi connectivity index (χ2n) is 5.69. The maximum absolute atomic E-state index is 13.7. The van der Waals surface area contributed by atoms with Gasteiger partial charge in [0.25, 0.3) is 0 Å². The molecule has 0 radical (unpaired) electrons. The summed E-state index contributed by atoms with van der Waals surface area (Å²) in [6.07, 6.45) is 0. The van der Waals surface area contributed by atoms with Gasteiger partial charge in [-0.15, -0.1) is 0 Å². The number of hydrogen-bond donors (Lipinski definition) is 2. The SMILES string of the molecule is CCNC(=NCc1cc(F)ccc1F)NCc1ccccc1COCC. The van der Waals surface area contributed by atoms with E-state index in [1.165, 1.54) is 6.07 Å². The van der Waals surface area contributed by atoms with Crippen LogP contribution in [0.1, 0.15) is 30.5 Å². The predicted molar refractivity (Wildman–Crippen MR) is 99.8 cm³/mol. The number of nitrogens with one attached hydrogen (secondary N) is 2. The summed E-state index contributed by atoms with van der Waals surface area (Å²) in [6.45, 7) is 6.39. The zero-order chi connectivity index (χ0) is 18.8. The molecule has 0 aliphatic heterocycles. The Balaban J connectivity index is 2.05. The lowest BCUT2D eigenvalue weighted by Crippen LogP contribution is -2.37. The van der Waals surface area contributed by atoms with E-state index in [9.17, 15) is 8.78 Å². The van der Waals surface area contributed by atoms with E-state index in [-0.39, 0.29) is 12.1 Å². The van der Waals surface area contributed by atoms with Crippen molar-refractivity contribution in [3.8, 4) is 0 Å². The largest absolute Gasteiger partial charge is 0.377 e. The molecular formula is C20H25F2N3O. The molecule has 0 bridgehead atoms. The Bertz CT molecular complexity index is 735. The van der Waals surface area contributed by atoms with E-state index in [2.05, 4.69) is 15.6 Å². The van der Waals surface area contributed by atoms with Gasteiger partial charge >= 0.3 is 0 Å². The Kier molecular flexibility index (Phi) is 8.02. The number of benzene rings is 2. The molecule has 0 amide bonds. The molecule has 0 saturated heterocycles. The van der Waals surface area contributed by atoms with Gasteiger partial charge in [-0.05, 0) is 43.2 Å². The highest BCUT2D eigenvalue weighted by Gasteiger charge is 2.06. The van der Waals surface area contributed by atoms with Crippen LogP contribution in [0.4, 0.5) is 8.78 Å². The molecule has 0 aliphatic carbocycles. The van der Waals surface area contributed by atoms with Gasteiger partial charge in [0.2, 0.25) is 0 Å². The number of nitrogens with zero attached hydrogens (tertiary/aromatic N) is 1. The third-order valence-electron chi connectivity index (χ3n) is 3.79. The zero-order valence-corrected chi connectivity index (χ0v) is 15.2. The summed E-state index contributed by atoms with van der Waals surface area (Å²) in [6, 6.07) is 11.4. The Hall–Kier alpha value is -2.47. The van der Waals surface area contributed by atoms with Gasteiger partial charge in [-0.1, -0.05) is 24.3 Å². The van der Waals surface area contributed by atoms with E-state index in [1.807, 2.05) is 38.1 Å². The molecule has 26 heavy (non-hydrogen) atoms. The van der Waals surface area contributed by atoms with Gasteiger partial charge < -0.3 is 15.4 Å². The maximum Gasteiger partial charge on any atom is 0.191 e. The van der Waals surface area contributed by atoms with Crippen molar-refractivity contribution in [3.63, 3.8) is 0 Å². The monoisotopic (exact) mass is 361 g/mol. The molecule has 6 heteroatoms. The van der Waals surface area contributed by atoms with Crippen LogP contribution in [0.5, 0.6) is 0 Å². The third-order valence-corrected chi connectivity index (χ3v) is 3.79. The van der Waals surface area contributed by atoms with Crippen LogP contribution < -0.4 is 10.6 Å². The summed E-state index contributed by atoms with van der Waals surface area (Å²) >= 11 is 0. The number of halogens is 2. The lowest BCUT2D eigenvalue weighted by atomic mass is 10.1. The average Bonchev–Trinajstić information content (AvgIpc) is 2.65. The minimum Gasteiger partial charge on any atom is -0.377 e. The Labute approximate surface area is 153 Å². The van der Waals surface area contributed by atoms with Crippen molar-refractivity contribution in [1.29, 1.82) is 0 Å². The molecule has 0 heterocycles. The molecule has 2 aromatic rings. The van der Waals surface area contributed by atoms with Crippen LogP contribution in [-0.4, -0.2) is 19.1 Å². The van der Waals surface area contributed by atoms with E-state index in [1.54, 1.807) is 0 Å². The molecule has 0 spiro atoms. The van der Waals surface area contributed by atoms with E-state index in [4.69, 9.17) is 4.74 Å². The first kappa shape index (κ1) is 19.8. The van der Waals surface area contributed by atoms with Gasteiger partial charge in [0.1, 0.15) is 11.6 Å². The van der Waals surface area contributed by atoms with Crippen LogP contribution in [0.3, 0.4) is 0 Å². The van der Waals surface area contributed by atoms with Gasteiger partial charge in [-0.2, -0.15) is 0 Å². The smallest absolute Gasteiger partial charge is 0.191 e. The highest BCUT2D eigenvalue weighted by Crippen LogP contribution is 2.12. The molecule has 0 fully saturated rings. The van der Waals surface area contributed by atoms with Crippen molar-refractivity contribution in [2.75, 3.05) is 13.2 Å². The zero-order valence-electron chi connectivity index (χ0n) is 15.2. The van der Waals surface area contributed by atoms with Gasteiger partial charge in [0.15, 0.2) is 5.96 Å². The molecule has 0 atom stereocenters. The highest BCUT2D eigenvalue weighted by molar-refractivity contribution is 5.79. The Morgan fingerprint density at radius 1 is 1.00 bits per heavy atom. The number of rotatable bonds is 8. The molecule has 2 aromatic carbocycles. The summed E-state index contributed by atoms with van der Waals surface area (Å²) in [5, 5.41) is 6.34. The van der Waals surface area contributed by atoms with Gasteiger partial charge in [-0.25, -0.2) is 13.8 Å². The average molecular weight is 361 g/mol. The van der Waals surface area contributed by atoms with Crippen molar-refractivity contribution in [1.82, 2.24) is 10.6 Å². The molecule has 0 aromatic heterocycles. The number of aliphatic imine (C=N–C) groups is 1. The number of hydrogen-bond acceptors (Lipinski definition) is 2. The van der Waals surface area contributed by atoms with Crippen molar-refractivity contribution in [2.45, 2.75) is 33.5 Å². The molecule has 0 aliphatic rings. The number of guanidine groups is 1. The molecule has 2 N–H and O–H groups in total. The molecule has 2 rings (SSSR count). The maximum atomic E-state index is 13.7. The third kappa shape index (κ3) is 6.11. The van der Waals surface area contributed by atoms with Gasteiger partial charge in [-0.3, -0.25) is 0 Å². The Morgan fingerprint density at radius 3 is 2.50 bits per heavy atom. The van der Waals surface area contributed by atoms with Crippen LogP contribution in [0.2, 0.25) is 0 Å². The lowest BCUT2D eigenvalue weighted by molar-refractivity contribution is 0.133. The molecular weight excluding hydrogens is 336 g/mol. The second kappa shape index (κ2) is 10.5. The fourth-order valence-electron chi connectivity index (χ4n) is 2.43. The van der Waals surface area contributed by atoms with Crippen molar-refractivity contribution in [2.24, 2.45) is 4.99 Å². The molecule has 0 unspecified atom stereocenters. The van der Waals surface area contributed by atoms with Crippen molar-refractivity contribution >= 4 is 5.96 Å². The van der Waals surface area contributed by atoms with Gasteiger partial charge in [0.05, 0.1) is 13.2 Å². The molecule has 4 nitrogen and oxygen atoms in total. The first-order valence-corrected chi connectivity index (χ1v) is 8.74. The minimum absolute atomic E-state index is 0.0551. The van der Waals surface area contributed by atoms with Crippen LogP contribution in [0.15, 0.2) is 47.5 Å². The summed E-state index contributed by atoms with van der Waals surface area (Å²) in [5.74, 6) is -0.394. The second-order valence-corrected chi connectivity index (χ2v) is 5.69. The quantitative estimate of drug-likeness (QED) is 0.556. The minimum atomic E-state index is -0.473. The van der Waals surface area contributed by atoms with E-state index in [0.717, 1.165) is 23.3 Å². The first-order chi connectivity index (χ1) is 12.6. The molecule has 0 saturated carbocycles.